The Bertz CT molecular complexity index is 1200. The Kier molecular flexibility index (Phi) is 5.14. The van der Waals surface area contributed by atoms with Crippen molar-refractivity contribution in [3.63, 3.8) is 0 Å². The van der Waals surface area contributed by atoms with Crippen molar-refractivity contribution in [3.05, 3.63) is 82.4 Å². The van der Waals surface area contributed by atoms with Gasteiger partial charge in [-0.15, -0.1) is 0 Å². The number of fused-ring (bicyclic) bond motifs is 3. The molecule has 4 rings (SSSR count). The first-order valence-corrected chi connectivity index (χ1v) is 10.3. The summed E-state index contributed by atoms with van der Waals surface area (Å²) in [5, 5.41) is 1.88. The summed E-state index contributed by atoms with van der Waals surface area (Å²) in [5.41, 5.74) is 13.6. The maximum atomic E-state index is 12.1. The van der Waals surface area contributed by atoms with Gasteiger partial charge in [-0.1, -0.05) is 43.7 Å². The first-order valence-electron chi connectivity index (χ1n) is 10.3. The van der Waals surface area contributed by atoms with Crippen LogP contribution in [-0.4, -0.2) is 10.5 Å². The third-order valence-corrected chi connectivity index (χ3v) is 5.90. The molecule has 0 aliphatic carbocycles. The predicted octanol–water partition coefficient (Wildman–Crippen LogP) is 5.70. The van der Waals surface area contributed by atoms with Crippen LogP contribution in [-0.2, 0) is 13.0 Å². The molecule has 3 heteroatoms. The van der Waals surface area contributed by atoms with Gasteiger partial charge in [0.1, 0.15) is 0 Å². The fraction of sp³-hybridized carbons (Fsp3) is 0.269. The van der Waals surface area contributed by atoms with Gasteiger partial charge in [0.25, 0.3) is 0 Å². The van der Waals surface area contributed by atoms with Crippen LogP contribution in [0.15, 0.2) is 48.5 Å². The van der Waals surface area contributed by atoms with Gasteiger partial charge in [0, 0.05) is 22.9 Å². The molecule has 0 saturated carbocycles. The molecule has 3 aromatic carbocycles. The number of hydrogen-bond donors (Lipinski definition) is 1. The van der Waals surface area contributed by atoms with Crippen molar-refractivity contribution in [2.75, 3.05) is 0 Å². The molecule has 0 fully saturated rings. The van der Waals surface area contributed by atoms with Crippen LogP contribution in [0, 0.1) is 19.9 Å². The van der Waals surface area contributed by atoms with E-state index in [0.717, 1.165) is 47.6 Å². The van der Waals surface area contributed by atoms with E-state index < -0.39 is 5.91 Å². The van der Waals surface area contributed by atoms with E-state index in [1.807, 2.05) is 12.1 Å². The van der Waals surface area contributed by atoms with Crippen LogP contribution < -0.4 is 5.73 Å². The minimum Gasteiger partial charge on any atom is -0.366 e. The number of carbonyl (C=O) groups excluding carboxylic acids is 1. The Labute approximate surface area is 172 Å². The first-order chi connectivity index (χ1) is 14.0. The van der Waals surface area contributed by atoms with E-state index in [1.165, 1.54) is 22.3 Å². The molecule has 0 aliphatic rings. The lowest BCUT2D eigenvalue weighted by molar-refractivity contribution is 0.100. The number of rotatable bonds is 6. The van der Waals surface area contributed by atoms with Gasteiger partial charge < -0.3 is 10.3 Å². The summed E-state index contributed by atoms with van der Waals surface area (Å²) < 4.78 is 2.32. The van der Waals surface area contributed by atoms with E-state index >= 15 is 0 Å². The number of nitrogens with two attached hydrogens (primary N) is 1. The van der Waals surface area contributed by atoms with Crippen LogP contribution in [0.2, 0.25) is 0 Å². The molecule has 0 aliphatic heterocycles. The van der Waals surface area contributed by atoms with Gasteiger partial charge >= 0.3 is 0 Å². The van der Waals surface area contributed by atoms with E-state index in [-0.39, 0.29) is 0 Å². The lowest BCUT2D eigenvalue weighted by Crippen LogP contribution is -2.11. The van der Waals surface area contributed by atoms with Crippen LogP contribution in [0.5, 0.6) is 0 Å². The molecule has 0 spiro atoms. The molecular weight excluding hydrogens is 356 g/mol. The van der Waals surface area contributed by atoms with Gasteiger partial charge in [-0.05, 0) is 73.2 Å². The quantitative estimate of drug-likeness (QED) is 0.456. The second kappa shape index (κ2) is 7.75. The van der Waals surface area contributed by atoms with Crippen molar-refractivity contribution >= 4 is 27.7 Å². The molecule has 1 amide bonds. The smallest absolute Gasteiger partial charge is 0.249 e. The lowest BCUT2D eigenvalue weighted by Gasteiger charge is -2.13. The van der Waals surface area contributed by atoms with E-state index in [1.54, 1.807) is 0 Å². The molecule has 0 saturated heterocycles. The standard InChI is InChI=1S/C26H27N2O/c1-4-5-10-19-13-14-20-24(15-19)28(16-22-17(2)8-6-9-18(22)3)23-12-7-11-21(25(20)23)26(27)29/h6-9,11-13,15H,4-5,10,16H2,1-3H3,(H2,27,29). The largest absolute Gasteiger partial charge is 0.366 e. The van der Waals surface area contributed by atoms with Gasteiger partial charge in [-0.3, -0.25) is 4.79 Å². The zero-order valence-electron chi connectivity index (χ0n) is 17.4. The van der Waals surface area contributed by atoms with Crippen molar-refractivity contribution in [2.24, 2.45) is 5.73 Å². The molecule has 1 radical (unpaired) electrons. The number of primary amides is 1. The van der Waals surface area contributed by atoms with Crippen LogP contribution in [0.4, 0.5) is 0 Å². The highest BCUT2D eigenvalue weighted by Gasteiger charge is 2.18. The third kappa shape index (κ3) is 3.42. The highest BCUT2D eigenvalue weighted by atomic mass is 16.1. The van der Waals surface area contributed by atoms with Gasteiger partial charge in [-0.2, -0.15) is 0 Å². The Hall–Kier alpha value is -3.07. The molecule has 1 heterocycles. The molecular formula is C26H27N2O. The van der Waals surface area contributed by atoms with Crippen LogP contribution in [0.25, 0.3) is 21.8 Å². The molecule has 29 heavy (non-hydrogen) atoms. The fourth-order valence-electron chi connectivity index (χ4n) is 4.26. The molecule has 1 aromatic heterocycles. The lowest BCUT2D eigenvalue weighted by atomic mass is 10.0. The van der Waals surface area contributed by atoms with Crippen molar-refractivity contribution in [1.82, 2.24) is 4.57 Å². The third-order valence-electron chi connectivity index (χ3n) is 5.90. The minimum absolute atomic E-state index is 0.398. The number of benzene rings is 3. The number of aromatic nitrogens is 1. The molecule has 3 nitrogen and oxygen atoms in total. The maximum Gasteiger partial charge on any atom is 0.249 e. The van der Waals surface area contributed by atoms with Gasteiger partial charge in [0.2, 0.25) is 5.91 Å². The maximum absolute atomic E-state index is 12.1. The summed E-state index contributed by atoms with van der Waals surface area (Å²) >= 11 is 0. The Morgan fingerprint density at radius 2 is 1.79 bits per heavy atom. The Balaban J connectivity index is 2.01. The van der Waals surface area contributed by atoms with Gasteiger partial charge in [-0.25, -0.2) is 0 Å². The van der Waals surface area contributed by atoms with E-state index in [4.69, 9.17) is 5.73 Å². The van der Waals surface area contributed by atoms with Crippen molar-refractivity contribution in [1.29, 1.82) is 0 Å². The van der Waals surface area contributed by atoms with E-state index in [9.17, 15) is 4.79 Å². The Morgan fingerprint density at radius 1 is 1.07 bits per heavy atom. The highest BCUT2D eigenvalue weighted by molar-refractivity contribution is 6.17. The topological polar surface area (TPSA) is 48.0 Å². The normalized spacial score (nSPS) is 11.4. The second-order valence-electron chi connectivity index (χ2n) is 7.89. The first kappa shape index (κ1) is 19.3. The summed E-state index contributed by atoms with van der Waals surface area (Å²) in [6.45, 7) is 7.28. The number of amides is 1. The molecule has 0 bridgehead atoms. The zero-order valence-corrected chi connectivity index (χ0v) is 17.4. The monoisotopic (exact) mass is 383 g/mol. The Morgan fingerprint density at radius 3 is 2.48 bits per heavy atom. The average molecular weight is 384 g/mol. The summed E-state index contributed by atoms with van der Waals surface area (Å²) in [6, 6.07) is 20.0. The summed E-state index contributed by atoms with van der Waals surface area (Å²) in [6.07, 6.45) is 3.36. The van der Waals surface area contributed by atoms with Crippen molar-refractivity contribution < 1.29 is 4.79 Å². The molecule has 2 N–H and O–H groups in total. The van der Waals surface area contributed by atoms with Crippen molar-refractivity contribution in [3.8, 4) is 0 Å². The minimum atomic E-state index is -0.398. The predicted molar refractivity (Wildman–Crippen MR) is 120 cm³/mol. The molecule has 4 aromatic rings. The number of aryl methyl sites for hydroxylation is 3. The van der Waals surface area contributed by atoms with Crippen LogP contribution >= 0.6 is 0 Å². The molecule has 147 valence electrons. The fourth-order valence-corrected chi connectivity index (χ4v) is 4.26. The SMILES string of the molecule is CCCCc1c[c]c2c3c(C(N)=O)cccc3n(Cc3c(C)cccc3C)c2c1. The highest BCUT2D eigenvalue weighted by Crippen LogP contribution is 2.33. The van der Waals surface area contributed by atoms with Crippen LogP contribution in [0.1, 0.15) is 52.4 Å². The summed E-state index contributed by atoms with van der Waals surface area (Å²) in [7, 11) is 0. The summed E-state index contributed by atoms with van der Waals surface area (Å²) in [4.78, 5) is 12.1. The number of nitrogens with zero attached hydrogens (tertiary/aromatic N) is 1. The number of hydrogen-bond acceptors (Lipinski definition) is 1. The van der Waals surface area contributed by atoms with Gasteiger partial charge in [0.15, 0.2) is 0 Å². The van der Waals surface area contributed by atoms with Crippen LogP contribution in [0.3, 0.4) is 0 Å². The second-order valence-corrected chi connectivity index (χ2v) is 7.89. The average Bonchev–Trinajstić information content (AvgIpc) is 3.02. The number of unbranched alkanes of at least 4 members (excludes halogenated alkanes) is 1. The van der Waals surface area contributed by atoms with Crippen molar-refractivity contribution in [2.45, 2.75) is 46.6 Å². The number of carbonyl (C=O) groups is 1. The van der Waals surface area contributed by atoms with E-state index in [2.05, 4.69) is 67.8 Å². The van der Waals surface area contributed by atoms with E-state index in [0.29, 0.717) is 5.56 Å². The zero-order chi connectivity index (χ0) is 20.5. The molecule has 0 atom stereocenters. The summed E-state index contributed by atoms with van der Waals surface area (Å²) in [5.74, 6) is -0.398. The molecule has 0 unspecified atom stereocenters. The van der Waals surface area contributed by atoms with Gasteiger partial charge in [0.05, 0.1) is 11.0 Å².